The number of nitrogens with zero attached hydrogens (tertiary/aromatic N) is 3. The van der Waals surface area contributed by atoms with E-state index in [-0.39, 0.29) is 0 Å². The highest BCUT2D eigenvalue weighted by molar-refractivity contribution is 5.93. The molecule has 0 bridgehead atoms. The fourth-order valence-corrected chi connectivity index (χ4v) is 4.50. The number of aromatic nitrogens is 2. The predicted octanol–water partition coefficient (Wildman–Crippen LogP) is 5.17. The van der Waals surface area contributed by atoms with E-state index in [4.69, 9.17) is 15.6 Å². The summed E-state index contributed by atoms with van der Waals surface area (Å²) in [5.74, 6) is 0.433. The van der Waals surface area contributed by atoms with Gasteiger partial charge in [-0.3, -0.25) is 9.69 Å². The average Bonchev–Trinajstić information content (AvgIpc) is 3.36. The Balaban J connectivity index is 1.37. The van der Waals surface area contributed by atoms with E-state index in [1.54, 1.807) is 12.1 Å². The number of piperidine rings is 1. The molecule has 3 aromatic carbocycles. The van der Waals surface area contributed by atoms with Crippen molar-refractivity contribution in [2.45, 2.75) is 19.3 Å². The number of para-hydroxylation sites is 1. The van der Waals surface area contributed by atoms with E-state index in [1.807, 2.05) is 71.4 Å². The lowest BCUT2D eigenvalue weighted by Gasteiger charge is -2.26. The molecule has 35 heavy (non-hydrogen) atoms. The molecule has 1 amide bonds. The summed E-state index contributed by atoms with van der Waals surface area (Å²) in [5.41, 5.74) is 10.6. The van der Waals surface area contributed by atoms with Crippen molar-refractivity contribution < 1.29 is 9.53 Å². The van der Waals surface area contributed by atoms with Gasteiger partial charge in [0.25, 0.3) is 0 Å². The number of amides is 1. The number of hydrogen-bond acceptors (Lipinski definition) is 4. The summed E-state index contributed by atoms with van der Waals surface area (Å²) in [4.78, 5) is 14.0. The second-order valence-electron chi connectivity index (χ2n) is 8.88. The molecule has 1 aliphatic rings. The van der Waals surface area contributed by atoms with Crippen LogP contribution in [0.25, 0.3) is 28.2 Å². The Kier molecular flexibility index (Phi) is 6.91. The van der Waals surface area contributed by atoms with Crippen molar-refractivity contribution in [1.29, 1.82) is 0 Å². The quantitative estimate of drug-likeness (QED) is 0.389. The largest absolute Gasteiger partial charge is 0.492 e. The molecule has 0 radical (unpaired) electrons. The number of likely N-dealkylation sites (tertiary alicyclic amines) is 1. The first-order valence-electron chi connectivity index (χ1n) is 12.2. The molecule has 0 unspecified atom stereocenters. The molecule has 1 fully saturated rings. The summed E-state index contributed by atoms with van der Waals surface area (Å²) in [5, 5.41) is 4.92. The van der Waals surface area contributed by atoms with Crippen molar-refractivity contribution in [3.63, 3.8) is 0 Å². The van der Waals surface area contributed by atoms with Gasteiger partial charge in [0, 0.05) is 23.2 Å². The molecule has 2 N–H and O–H groups in total. The van der Waals surface area contributed by atoms with Crippen molar-refractivity contribution in [2.24, 2.45) is 5.73 Å². The summed E-state index contributed by atoms with van der Waals surface area (Å²) in [6.45, 7) is 4.04. The number of primary amides is 1. The summed E-state index contributed by atoms with van der Waals surface area (Å²) in [6.07, 6.45) is 3.93. The normalized spacial score (nSPS) is 14.1. The topological polar surface area (TPSA) is 73.4 Å². The number of hydrogen-bond donors (Lipinski definition) is 1. The van der Waals surface area contributed by atoms with Gasteiger partial charge in [0.05, 0.1) is 17.1 Å². The van der Waals surface area contributed by atoms with Crippen LogP contribution in [0.5, 0.6) is 5.75 Å². The third-order valence-electron chi connectivity index (χ3n) is 6.45. The Hall–Kier alpha value is -3.90. The van der Waals surface area contributed by atoms with E-state index < -0.39 is 5.91 Å². The predicted molar refractivity (Wildman–Crippen MR) is 139 cm³/mol. The van der Waals surface area contributed by atoms with Gasteiger partial charge in [0.15, 0.2) is 0 Å². The lowest BCUT2D eigenvalue weighted by Crippen LogP contribution is -2.33. The molecule has 2 heterocycles. The minimum atomic E-state index is -0.438. The van der Waals surface area contributed by atoms with E-state index in [1.165, 1.54) is 32.4 Å². The number of carbonyl (C=O) groups excluding carboxylic acids is 1. The van der Waals surface area contributed by atoms with E-state index in [9.17, 15) is 4.79 Å². The van der Waals surface area contributed by atoms with Crippen LogP contribution in [-0.4, -0.2) is 46.8 Å². The Bertz CT molecular complexity index is 1260. The smallest absolute Gasteiger partial charge is 0.248 e. The second-order valence-corrected chi connectivity index (χ2v) is 8.88. The Labute approximate surface area is 205 Å². The van der Waals surface area contributed by atoms with Crippen LogP contribution in [-0.2, 0) is 0 Å². The van der Waals surface area contributed by atoms with Crippen LogP contribution in [0, 0.1) is 0 Å². The van der Waals surface area contributed by atoms with Gasteiger partial charge in [0.2, 0.25) is 5.91 Å². The fraction of sp³-hybridized carbons (Fsp3) is 0.241. The number of benzene rings is 3. The van der Waals surface area contributed by atoms with E-state index >= 15 is 0 Å². The summed E-state index contributed by atoms with van der Waals surface area (Å²) < 4.78 is 7.92. The molecule has 6 nitrogen and oxygen atoms in total. The maximum Gasteiger partial charge on any atom is 0.248 e. The molecule has 0 spiro atoms. The second kappa shape index (κ2) is 10.6. The zero-order valence-electron chi connectivity index (χ0n) is 19.8. The number of carbonyl (C=O) groups is 1. The first kappa shape index (κ1) is 22.9. The van der Waals surface area contributed by atoms with Gasteiger partial charge in [-0.25, -0.2) is 4.68 Å². The van der Waals surface area contributed by atoms with Gasteiger partial charge in [-0.2, -0.15) is 5.10 Å². The molecular formula is C29H30N4O2. The standard InChI is InChI=1S/C29H30N4O2/c30-29(34)24-11-9-23(10-12-24)28-21-27(31-33(28)25-7-3-1-4-8-25)22-13-15-26(16-14-22)35-20-19-32-17-5-2-6-18-32/h1,3-4,7-16,21H,2,5-6,17-20H2,(H2,30,34). The van der Waals surface area contributed by atoms with Crippen LogP contribution >= 0.6 is 0 Å². The van der Waals surface area contributed by atoms with E-state index in [0.717, 1.165) is 40.5 Å². The lowest BCUT2D eigenvalue weighted by atomic mass is 10.1. The number of rotatable bonds is 8. The highest BCUT2D eigenvalue weighted by Crippen LogP contribution is 2.30. The Morgan fingerprint density at radius 2 is 1.54 bits per heavy atom. The molecule has 1 saturated heterocycles. The van der Waals surface area contributed by atoms with Crippen LogP contribution < -0.4 is 10.5 Å². The summed E-state index contributed by atoms with van der Waals surface area (Å²) >= 11 is 0. The first-order valence-corrected chi connectivity index (χ1v) is 12.2. The zero-order chi connectivity index (χ0) is 24.0. The molecule has 6 heteroatoms. The van der Waals surface area contributed by atoms with Gasteiger partial charge in [-0.15, -0.1) is 0 Å². The van der Waals surface area contributed by atoms with Crippen LogP contribution in [0.15, 0.2) is 84.9 Å². The molecule has 5 rings (SSSR count). The lowest BCUT2D eigenvalue weighted by molar-refractivity contribution is 0.100. The number of ether oxygens (including phenoxy) is 1. The van der Waals surface area contributed by atoms with E-state index in [0.29, 0.717) is 12.2 Å². The van der Waals surface area contributed by atoms with Crippen LogP contribution in [0.1, 0.15) is 29.6 Å². The average molecular weight is 467 g/mol. The van der Waals surface area contributed by atoms with Crippen molar-refractivity contribution in [1.82, 2.24) is 14.7 Å². The Morgan fingerprint density at radius 3 is 2.23 bits per heavy atom. The van der Waals surface area contributed by atoms with Gasteiger partial charge in [-0.05, 0) is 80.5 Å². The monoisotopic (exact) mass is 466 g/mol. The molecule has 1 aromatic heterocycles. The summed E-state index contributed by atoms with van der Waals surface area (Å²) in [7, 11) is 0. The highest BCUT2D eigenvalue weighted by Gasteiger charge is 2.14. The van der Waals surface area contributed by atoms with Crippen LogP contribution in [0.4, 0.5) is 0 Å². The van der Waals surface area contributed by atoms with Crippen molar-refractivity contribution >= 4 is 5.91 Å². The highest BCUT2D eigenvalue weighted by atomic mass is 16.5. The zero-order valence-corrected chi connectivity index (χ0v) is 19.8. The van der Waals surface area contributed by atoms with E-state index in [2.05, 4.69) is 11.0 Å². The van der Waals surface area contributed by atoms with Crippen molar-refractivity contribution in [3.8, 4) is 34.0 Å². The van der Waals surface area contributed by atoms with Crippen molar-refractivity contribution in [2.75, 3.05) is 26.2 Å². The molecule has 0 saturated carbocycles. The molecule has 1 aliphatic heterocycles. The van der Waals surface area contributed by atoms with Gasteiger partial charge in [-0.1, -0.05) is 36.8 Å². The Morgan fingerprint density at radius 1 is 0.857 bits per heavy atom. The first-order chi connectivity index (χ1) is 17.2. The SMILES string of the molecule is NC(=O)c1ccc(-c2cc(-c3ccc(OCCN4CCCCC4)cc3)nn2-c2ccccc2)cc1. The fourth-order valence-electron chi connectivity index (χ4n) is 4.50. The number of nitrogens with two attached hydrogens (primary N) is 1. The molecule has 0 atom stereocenters. The van der Waals surface area contributed by atoms with Crippen molar-refractivity contribution in [3.05, 3.63) is 90.5 Å². The molecule has 0 aliphatic carbocycles. The minimum absolute atomic E-state index is 0.438. The van der Waals surface area contributed by atoms with Crippen LogP contribution in [0.3, 0.4) is 0 Å². The van der Waals surface area contributed by atoms with Gasteiger partial charge in [0.1, 0.15) is 12.4 Å². The van der Waals surface area contributed by atoms with Gasteiger partial charge < -0.3 is 10.5 Å². The molecule has 4 aromatic rings. The maximum atomic E-state index is 11.5. The maximum absolute atomic E-state index is 11.5. The van der Waals surface area contributed by atoms with Crippen LogP contribution in [0.2, 0.25) is 0 Å². The van der Waals surface area contributed by atoms with Gasteiger partial charge >= 0.3 is 0 Å². The third-order valence-corrected chi connectivity index (χ3v) is 6.45. The molecular weight excluding hydrogens is 436 g/mol. The molecule has 178 valence electrons. The third kappa shape index (κ3) is 5.44. The summed E-state index contributed by atoms with van der Waals surface area (Å²) in [6, 6.07) is 27.5. The minimum Gasteiger partial charge on any atom is -0.492 e.